The van der Waals surface area contributed by atoms with Gasteiger partial charge in [-0.15, -0.1) is 0 Å². The van der Waals surface area contributed by atoms with Gasteiger partial charge in [0.25, 0.3) is 12.0 Å². The molecule has 5 nitrogen and oxygen atoms in total. The number of carbonyl (C=O) groups is 1. The average Bonchev–Trinajstić information content (AvgIpc) is 2.21. The topological polar surface area (TPSA) is 79.4 Å². The first kappa shape index (κ1) is 12.2. The van der Waals surface area contributed by atoms with Crippen LogP contribution in [0.2, 0.25) is 0 Å². The first-order valence-electron chi connectivity index (χ1n) is 4.38. The van der Waals surface area contributed by atoms with Crippen LogP contribution >= 0.6 is 0 Å². The van der Waals surface area contributed by atoms with Gasteiger partial charge in [0.1, 0.15) is 0 Å². The highest BCUT2D eigenvalue weighted by molar-refractivity contribution is 5.91. The molecule has 1 aromatic heterocycles. The summed E-state index contributed by atoms with van der Waals surface area (Å²) in [7, 11) is 0. The van der Waals surface area contributed by atoms with E-state index in [1.807, 2.05) is 0 Å². The zero-order valence-corrected chi connectivity index (χ0v) is 8.29. The Bertz CT molecular complexity index is 455. The highest BCUT2D eigenvalue weighted by atomic mass is 19.3. The molecule has 0 amide bonds. The minimum atomic E-state index is -3.03. The van der Waals surface area contributed by atoms with Gasteiger partial charge in [0, 0.05) is 6.07 Å². The summed E-state index contributed by atoms with van der Waals surface area (Å²) >= 11 is 0. The third-order valence-electron chi connectivity index (χ3n) is 1.77. The minimum Gasteiger partial charge on any atom is -0.503 e. The van der Waals surface area contributed by atoms with E-state index < -0.39 is 35.0 Å². The van der Waals surface area contributed by atoms with Gasteiger partial charge in [0.15, 0.2) is 5.75 Å². The lowest BCUT2D eigenvalue weighted by Crippen LogP contribution is -2.16. The van der Waals surface area contributed by atoms with E-state index in [4.69, 9.17) is 5.11 Å². The predicted octanol–water partition coefficient (Wildman–Crippen LogP) is 1.19. The number of alkyl halides is 2. The number of aromatic hydroxyl groups is 1. The van der Waals surface area contributed by atoms with Crippen LogP contribution in [0.5, 0.6) is 5.75 Å². The number of carbonyl (C=O) groups excluding carboxylic acids is 1. The normalized spacial score (nSPS) is 10.5. The number of nitrogens with one attached hydrogen (secondary N) is 1. The monoisotopic (exact) mass is 233 g/mol. The molecule has 7 heteroatoms. The van der Waals surface area contributed by atoms with Crippen LogP contribution in [-0.4, -0.2) is 22.7 Å². The Morgan fingerprint density at radius 3 is 2.75 bits per heavy atom. The van der Waals surface area contributed by atoms with Crippen molar-refractivity contribution in [3.05, 3.63) is 27.7 Å². The summed E-state index contributed by atoms with van der Waals surface area (Å²) in [5.41, 5.74) is -2.49. The summed E-state index contributed by atoms with van der Waals surface area (Å²) in [6, 6.07) is 0.665. The second-order valence-corrected chi connectivity index (χ2v) is 2.83. The van der Waals surface area contributed by atoms with E-state index in [9.17, 15) is 18.4 Å². The molecule has 0 aromatic carbocycles. The lowest BCUT2D eigenvalue weighted by atomic mass is 10.2. The summed E-state index contributed by atoms with van der Waals surface area (Å²) in [6.07, 6.45) is -3.03. The molecule has 0 fully saturated rings. The van der Waals surface area contributed by atoms with Gasteiger partial charge in [-0.3, -0.25) is 4.79 Å². The standard InChI is InChI=1S/C9H9F2NO4/c1-2-16-9(15)4-3-5(13)8(14)12-6(4)7(10)11/h3,7,13H,2H2,1H3,(H,12,14). The third-order valence-corrected chi connectivity index (χ3v) is 1.77. The molecule has 1 rings (SSSR count). The first-order valence-corrected chi connectivity index (χ1v) is 4.38. The molecular formula is C9H9F2NO4. The summed E-state index contributed by atoms with van der Waals surface area (Å²) in [6.45, 7) is 1.51. The molecule has 0 aliphatic rings. The molecule has 0 radical (unpaired) electrons. The smallest absolute Gasteiger partial charge is 0.340 e. The van der Waals surface area contributed by atoms with Crippen LogP contribution in [0.3, 0.4) is 0 Å². The van der Waals surface area contributed by atoms with E-state index >= 15 is 0 Å². The van der Waals surface area contributed by atoms with Crippen LogP contribution in [0, 0.1) is 0 Å². The van der Waals surface area contributed by atoms with Gasteiger partial charge in [-0.05, 0) is 6.92 Å². The molecular weight excluding hydrogens is 224 g/mol. The van der Waals surface area contributed by atoms with Crippen molar-refractivity contribution >= 4 is 5.97 Å². The largest absolute Gasteiger partial charge is 0.503 e. The molecule has 1 aromatic rings. The van der Waals surface area contributed by atoms with Crippen LogP contribution in [0.25, 0.3) is 0 Å². The predicted molar refractivity (Wildman–Crippen MR) is 49.6 cm³/mol. The third kappa shape index (κ3) is 2.36. The van der Waals surface area contributed by atoms with Gasteiger partial charge < -0.3 is 14.8 Å². The zero-order chi connectivity index (χ0) is 12.3. The number of hydrogen-bond donors (Lipinski definition) is 2. The molecule has 0 bridgehead atoms. The van der Waals surface area contributed by atoms with E-state index in [1.165, 1.54) is 6.92 Å². The van der Waals surface area contributed by atoms with Crippen molar-refractivity contribution in [2.24, 2.45) is 0 Å². The minimum absolute atomic E-state index is 0.00139. The maximum atomic E-state index is 12.5. The van der Waals surface area contributed by atoms with Crippen molar-refractivity contribution in [1.29, 1.82) is 0 Å². The Balaban J connectivity index is 3.30. The second-order valence-electron chi connectivity index (χ2n) is 2.83. The van der Waals surface area contributed by atoms with Crippen molar-refractivity contribution in [3.63, 3.8) is 0 Å². The Labute approximate surface area is 88.7 Å². The van der Waals surface area contributed by atoms with Crippen molar-refractivity contribution in [2.75, 3.05) is 6.61 Å². The van der Waals surface area contributed by atoms with Crippen molar-refractivity contribution in [1.82, 2.24) is 4.98 Å². The van der Waals surface area contributed by atoms with Gasteiger partial charge in [-0.25, -0.2) is 13.6 Å². The number of H-pyrrole nitrogens is 1. The van der Waals surface area contributed by atoms with Crippen molar-refractivity contribution < 1.29 is 23.4 Å². The number of rotatable bonds is 3. The summed E-state index contributed by atoms with van der Waals surface area (Å²) in [5, 5.41) is 9.03. The maximum absolute atomic E-state index is 12.5. The molecule has 0 saturated heterocycles. The lowest BCUT2D eigenvalue weighted by molar-refractivity contribution is 0.0512. The molecule has 2 N–H and O–H groups in total. The van der Waals surface area contributed by atoms with E-state index in [0.29, 0.717) is 6.07 Å². The molecule has 0 atom stereocenters. The first-order chi connectivity index (χ1) is 7.47. The molecule has 16 heavy (non-hydrogen) atoms. The number of hydrogen-bond acceptors (Lipinski definition) is 4. The Morgan fingerprint density at radius 2 is 2.25 bits per heavy atom. The fourth-order valence-electron chi connectivity index (χ4n) is 1.08. The average molecular weight is 233 g/mol. The number of pyridine rings is 1. The molecule has 88 valence electrons. The van der Waals surface area contributed by atoms with Crippen LogP contribution in [0.1, 0.15) is 29.4 Å². The van der Waals surface area contributed by atoms with E-state index in [-0.39, 0.29) is 6.61 Å². The van der Waals surface area contributed by atoms with E-state index in [1.54, 1.807) is 4.98 Å². The second kappa shape index (κ2) is 4.73. The Hall–Kier alpha value is -1.92. The van der Waals surface area contributed by atoms with Gasteiger partial charge in [-0.2, -0.15) is 0 Å². The quantitative estimate of drug-likeness (QED) is 0.768. The fourth-order valence-corrected chi connectivity index (χ4v) is 1.08. The zero-order valence-electron chi connectivity index (χ0n) is 8.29. The Morgan fingerprint density at radius 1 is 1.62 bits per heavy atom. The number of halogens is 2. The molecule has 0 saturated carbocycles. The number of esters is 1. The number of ether oxygens (including phenoxy) is 1. The van der Waals surface area contributed by atoms with Crippen LogP contribution in [0.15, 0.2) is 10.9 Å². The molecule has 1 heterocycles. The van der Waals surface area contributed by atoms with Crippen molar-refractivity contribution in [3.8, 4) is 5.75 Å². The van der Waals surface area contributed by atoms with E-state index in [2.05, 4.69) is 4.74 Å². The van der Waals surface area contributed by atoms with Crippen molar-refractivity contribution in [2.45, 2.75) is 13.3 Å². The number of aromatic nitrogens is 1. The van der Waals surface area contributed by atoms with Crippen LogP contribution < -0.4 is 5.56 Å². The fraction of sp³-hybridized carbons (Fsp3) is 0.333. The van der Waals surface area contributed by atoms with Gasteiger partial charge in [0.2, 0.25) is 0 Å². The Kier molecular flexibility index (Phi) is 3.60. The molecule has 0 aliphatic carbocycles. The number of aromatic amines is 1. The summed E-state index contributed by atoms with van der Waals surface area (Å²) < 4.78 is 29.5. The highest BCUT2D eigenvalue weighted by Gasteiger charge is 2.22. The van der Waals surface area contributed by atoms with Gasteiger partial charge in [-0.1, -0.05) is 0 Å². The van der Waals surface area contributed by atoms with Crippen LogP contribution in [-0.2, 0) is 4.74 Å². The maximum Gasteiger partial charge on any atom is 0.340 e. The molecule has 0 unspecified atom stereocenters. The van der Waals surface area contributed by atoms with E-state index in [0.717, 1.165) is 0 Å². The molecule has 0 aliphatic heterocycles. The lowest BCUT2D eigenvalue weighted by Gasteiger charge is -2.07. The SMILES string of the molecule is CCOC(=O)c1cc(O)c(=O)[nH]c1C(F)F. The highest BCUT2D eigenvalue weighted by Crippen LogP contribution is 2.22. The van der Waals surface area contributed by atoms with Gasteiger partial charge >= 0.3 is 5.97 Å². The summed E-state index contributed by atoms with van der Waals surface area (Å²) in [4.78, 5) is 23.9. The summed E-state index contributed by atoms with van der Waals surface area (Å²) in [5.74, 6) is -1.84. The molecule has 0 spiro atoms. The van der Waals surface area contributed by atoms with Crippen LogP contribution in [0.4, 0.5) is 8.78 Å². The van der Waals surface area contributed by atoms with Gasteiger partial charge in [0.05, 0.1) is 17.9 Å².